The van der Waals surface area contributed by atoms with Gasteiger partial charge in [-0.2, -0.15) is 0 Å². The van der Waals surface area contributed by atoms with Gasteiger partial charge in [0.1, 0.15) is 12.4 Å². The first-order valence-corrected chi connectivity index (χ1v) is 6.60. The number of rotatable bonds is 2. The van der Waals surface area contributed by atoms with Crippen molar-refractivity contribution in [2.45, 2.75) is 19.0 Å². The molecule has 20 heavy (non-hydrogen) atoms. The molecule has 0 saturated carbocycles. The number of nitrogens with one attached hydrogen (secondary N) is 1. The third-order valence-electron chi connectivity index (χ3n) is 3.37. The number of imidazole rings is 1. The number of ether oxygens (including phenoxy) is 1. The minimum Gasteiger partial charge on any atom is -0.488 e. The predicted octanol–water partition coefficient (Wildman–Crippen LogP) is 2.46. The normalized spacial score (nSPS) is 17.6. The van der Waals surface area contributed by atoms with Gasteiger partial charge in [0.25, 0.3) is 0 Å². The molecule has 4 nitrogen and oxygen atoms in total. The minimum atomic E-state index is -0.668. The quantitative estimate of drug-likeness (QED) is 0.837. The fourth-order valence-corrected chi connectivity index (χ4v) is 2.77. The van der Waals surface area contributed by atoms with Gasteiger partial charge in [0.15, 0.2) is 16.3 Å². The highest BCUT2D eigenvalue weighted by atomic mass is 32.1. The first-order valence-electron chi connectivity index (χ1n) is 6.19. The Morgan fingerprint density at radius 1 is 1.45 bits per heavy atom. The van der Waals surface area contributed by atoms with E-state index < -0.39 is 11.6 Å². The highest BCUT2D eigenvalue weighted by Crippen LogP contribution is 2.33. The Balaban J connectivity index is 1.95. The van der Waals surface area contributed by atoms with Crippen LogP contribution < -0.4 is 10.5 Å². The Bertz CT molecular complexity index is 710. The van der Waals surface area contributed by atoms with Crippen LogP contribution >= 0.6 is 12.2 Å². The molecule has 1 aromatic heterocycles. The summed E-state index contributed by atoms with van der Waals surface area (Å²) in [6.45, 7) is 0.635. The maximum Gasteiger partial charge on any atom is 0.177 e. The maximum atomic E-state index is 13.6. The molecule has 1 aromatic carbocycles. The molecule has 106 valence electrons. The lowest BCUT2D eigenvalue weighted by Gasteiger charge is -2.26. The molecule has 1 aliphatic rings. The van der Waals surface area contributed by atoms with Crippen LogP contribution in [0.1, 0.15) is 17.3 Å². The lowest BCUT2D eigenvalue weighted by molar-refractivity contribution is 0.212. The number of hydrogen-bond acceptors (Lipinski definition) is 3. The van der Waals surface area contributed by atoms with E-state index in [-0.39, 0.29) is 18.4 Å². The van der Waals surface area contributed by atoms with Gasteiger partial charge < -0.3 is 20.0 Å². The summed E-state index contributed by atoms with van der Waals surface area (Å²) >= 11 is 5.22. The first kappa shape index (κ1) is 13.3. The van der Waals surface area contributed by atoms with Crippen molar-refractivity contribution < 1.29 is 13.5 Å². The molecule has 0 aliphatic carbocycles. The number of hydrogen-bond donors (Lipinski definition) is 2. The van der Waals surface area contributed by atoms with Gasteiger partial charge in [0.2, 0.25) is 0 Å². The Morgan fingerprint density at radius 3 is 2.95 bits per heavy atom. The smallest absolute Gasteiger partial charge is 0.177 e. The summed E-state index contributed by atoms with van der Waals surface area (Å²) in [4.78, 5) is 2.99. The van der Waals surface area contributed by atoms with Gasteiger partial charge in [0, 0.05) is 36.5 Å². The third-order valence-corrected chi connectivity index (χ3v) is 3.68. The molecule has 3 rings (SSSR count). The van der Waals surface area contributed by atoms with Crippen LogP contribution in [0.4, 0.5) is 8.78 Å². The van der Waals surface area contributed by atoms with Gasteiger partial charge in [-0.15, -0.1) is 0 Å². The second-order valence-corrected chi connectivity index (χ2v) is 5.13. The van der Waals surface area contributed by atoms with E-state index in [0.717, 1.165) is 11.8 Å². The molecule has 0 amide bonds. The van der Waals surface area contributed by atoms with E-state index in [1.165, 1.54) is 6.07 Å². The lowest BCUT2D eigenvalue weighted by Crippen LogP contribution is -2.25. The fourth-order valence-electron chi connectivity index (χ4n) is 2.43. The second kappa shape index (κ2) is 4.99. The molecular weight excluding hydrogens is 284 g/mol. The Hall–Kier alpha value is -1.73. The average Bonchev–Trinajstić information content (AvgIpc) is 2.79. The van der Waals surface area contributed by atoms with Crippen LogP contribution in [0, 0.1) is 16.4 Å². The van der Waals surface area contributed by atoms with Crippen molar-refractivity contribution in [1.29, 1.82) is 0 Å². The molecule has 2 aromatic rings. The molecule has 1 atom stereocenters. The summed E-state index contributed by atoms with van der Waals surface area (Å²) < 4.78 is 34.6. The van der Waals surface area contributed by atoms with Gasteiger partial charge in [0.05, 0.1) is 6.04 Å². The van der Waals surface area contributed by atoms with Crippen molar-refractivity contribution in [3.8, 4) is 5.75 Å². The standard InChI is InChI=1S/C13H13F2N3OS/c14-8-1-7-2-10(6-19-12(7)11(15)3-8)18-5-9(4-16)17-13(18)20/h1,3,5,10H,2,4,6,16H2,(H,17,20). The van der Waals surface area contributed by atoms with E-state index in [9.17, 15) is 8.78 Å². The summed E-state index contributed by atoms with van der Waals surface area (Å²) in [5.74, 6) is -1.15. The molecule has 2 heterocycles. The van der Waals surface area contributed by atoms with E-state index in [2.05, 4.69) is 4.98 Å². The maximum absolute atomic E-state index is 13.6. The number of benzene rings is 1. The minimum absolute atomic E-state index is 0.104. The number of halogens is 2. The SMILES string of the molecule is NCc1cn(C2COc3c(F)cc(F)cc3C2)c(=S)[nH]1. The largest absolute Gasteiger partial charge is 0.488 e. The molecule has 1 aliphatic heterocycles. The average molecular weight is 297 g/mol. The summed E-state index contributed by atoms with van der Waals surface area (Å²) in [6.07, 6.45) is 2.27. The number of aromatic amines is 1. The molecule has 0 radical (unpaired) electrons. The number of fused-ring (bicyclic) bond motifs is 1. The summed E-state index contributed by atoms with van der Waals surface area (Å²) in [6, 6.07) is 2.02. The van der Waals surface area contributed by atoms with Crippen molar-refractivity contribution in [2.75, 3.05) is 6.61 Å². The lowest BCUT2D eigenvalue weighted by atomic mass is 10.0. The van der Waals surface area contributed by atoms with E-state index in [1.807, 2.05) is 10.8 Å². The number of nitrogens with zero attached hydrogens (tertiary/aromatic N) is 1. The van der Waals surface area contributed by atoms with E-state index in [1.54, 1.807) is 0 Å². The van der Waals surface area contributed by atoms with E-state index in [0.29, 0.717) is 23.3 Å². The molecule has 7 heteroatoms. The second-order valence-electron chi connectivity index (χ2n) is 4.74. The van der Waals surface area contributed by atoms with Gasteiger partial charge in [-0.1, -0.05) is 0 Å². The highest BCUT2D eigenvalue weighted by molar-refractivity contribution is 7.71. The Morgan fingerprint density at radius 2 is 2.25 bits per heavy atom. The number of H-pyrrole nitrogens is 1. The Kier molecular flexibility index (Phi) is 3.31. The molecule has 0 bridgehead atoms. The van der Waals surface area contributed by atoms with Crippen molar-refractivity contribution >= 4 is 12.2 Å². The topological polar surface area (TPSA) is 56.0 Å². The van der Waals surface area contributed by atoms with Gasteiger partial charge in [-0.3, -0.25) is 0 Å². The van der Waals surface area contributed by atoms with Crippen LogP contribution in [0.15, 0.2) is 18.3 Å². The molecular formula is C13H13F2N3OS. The van der Waals surface area contributed by atoms with Crippen LogP contribution in [0.25, 0.3) is 0 Å². The third kappa shape index (κ3) is 2.23. The first-order chi connectivity index (χ1) is 9.58. The van der Waals surface area contributed by atoms with Crippen molar-refractivity contribution in [1.82, 2.24) is 9.55 Å². The van der Waals surface area contributed by atoms with Crippen molar-refractivity contribution in [3.63, 3.8) is 0 Å². The van der Waals surface area contributed by atoms with Crippen LogP contribution in [0.5, 0.6) is 5.75 Å². The number of aromatic nitrogens is 2. The number of nitrogens with two attached hydrogens (primary N) is 1. The van der Waals surface area contributed by atoms with E-state index in [4.69, 9.17) is 22.7 Å². The van der Waals surface area contributed by atoms with Gasteiger partial charge in [-0.25, -0.2) is 8.78 Å². The predicted molar refractivity (Wildman–Crippen MR) is 72.1 cm³/mol. The van der Waals surface area contributed by atoms with Crippen LogP contribution in [-0.4, -0.2) is 16.2 Å². The molecule has 0 spiro atoms. The van der Waals surface area contributed by atoms with Gasteiger partial charge >= 0.3 is 0 Å². The van der Waals surface area contributed by atoms with Crippen LogP contribution in [0.3, 0.4) is 0 Å². The highest BCUT2D eigenvalue weighted by Gasteiger charge is 2.25. The summed E-state index contributed by atoms with van der Waals surface area (Å²) in [5.41, 5.74) is 6.88. The van der Waals surface area contributed by atoms with Crippen LogP contribution in [-0.2, 0) is 13.0 Å². The van der Waals surface area contributed by atoms with E-state index >= 15 is 0 Å². The molecule has 0 fully saturated rings. The summed E-state index contributed by atoms with van der Waals surface area (Å²) in [7, 11) is 0. The Labute approximate surface area is 119 Å². The van der Waals surface area contributed by atoms with Gasteiger partial charge in [-0.05, 0) is 18.3 Å². The van der Waals surface area contributed by atoms with Crippen LogP contribution in [0.2, 0.25) is 0 Å². The summed E-state index contributed by atoms with van der Waals surface area (Å²) in [5, 5.41) is 0. The zero-order valence-corrected chi connectivity index (χ0v) is 11.3. The molecule has 1 unspecified atom stereocenters. The van der Waals surface area contributed by atoms with Crippen molar-refractivity contribution in [2.24, 2.45) is 5.73 Å². The monoisotopic (exact) mass is 297 g/mol. The zero-order valence-electron chi connectivity index (χ0n) is 10.5. The molecule has 0 saturated heterocycles. The zero-order chi connectivity index (χ0) is 14.3. The fraction of sp³-hybridized carbons (Fsp3) is 0.308. The van der Waals surface area contributed by atoms with Crippen molar-refractivity contribution in [3.05, 3.63) is 46.0 Å². The molecule has 3 N–H and O–H groups in total.